The van der Waals surface area contributed by atoms with Crippen molar-refractivity contribution in [3.8, 4) is 5.75 Å². The Bertz CT molecular complexity index is 798. The summed E-state index contributed by atoms with van der Waals surface area (Å²) in [5.74, 6) is 0.123. The van der Waals surface area contributed by atoms with Gasteiger partial charge in [-0.2, -0.15) is 0 Å². The number of nitrogens with one attached hydrogen (secondary N) is 1. The Hall–Kier alpha value is -2.64. The molecule has 2 aromatic rings. The molecular formula is C18H20ClN3O4. The molecule has 0 aliphatic carbocycles. The molecular weight excluding hydrogens is 358 g/mol. The zero-order valence-corrected chi connectivity index (χ0v) is 15.3. The molecule has 2 rings (SSSR count). The fourth-order valence-corrected chi connectivity index (χ4v) is 2.65. The second kappa shape index (κ2) is 9.17. The van der Waals surface area contributed by atoms with Crippen molar-refractivity contribution in [2.45, 2.75) is 13.0 Å². The lowest BCUT2D eigenvalue weighted by Crippen LogP contribution is -2.24. The number of hydrogen-bond acceptors (Lipinski definition) is 5. The van der Waals surface area contributed by atoms with Crippen LogP contribution in [0.5, 0.6) is 5.75 Å². The summed E-state index contributed by atoms with van der Waals surface area (Å²) in [4.78, 5) is 24.6. The molecule has 0 fully saturated rings. The number of rotatable bonds is 8. The molecule has 0 aromatic heterocycles. The molecule has 8 heteroatoms. The highest BCUT2D eigenvalue weighted by atomic mass is 35.5. The summed E-state index contributed by atoms with van der Waals surface area (Å²) in [5.41, 5.74) is 1.23. The first kappa shape index (κ1) is 19.7. The molecule has 0 unspecified atom stereocenters. The van der Waals surface area contributed by atoms with Crippen LogP contribution in [0.4, 0.5) is 11.4 Å². The third kappa shape index (κ3) is 5.72. The summed E-state index contributed by atoms with van der Waals surface area (Å²) >= 11 is 5.97. The van der Waals surface area contributed by atoms with Gasteiger partial charge in [0, 0.05) is 36.7 Å². The summed E-state index contributed by atoms with van der Waals surface area (Å²) in [6, 6.07) is 11.6. The second-order valence-corrected chi connectivity index (χ2v) is 6.24. The first-order chi connectivity index (χ1) is 12.4. The molecule has 0 saturated heterocycles. The maximum atomic E-state index is 12.2. The molecule has 1 amide bonds. The molecule has 0 aliphatic rings. The van der Waals surface area contributed by atoms with E-state index in [-0.39, 0.29) is 23.7 Å². The number of carbonyl (C=O) groups excluding carboxylic acids is 1. The second-order valence-electron chi connectivity index (χ2n) is 5.81. The number of benzene rings is 2. The van der Waals surface area contributed by atoms with E-state index in [0.29, 0.717) is 23.9 Å². The fourth-order valence-electron chi connectivity index (χ4n) is 2.44. The van der Waals surface area contributed by atoms with Gasteiger partial charge in [0.05, 0.1) is 17.7 Å². The molecule has 0 bridgehead atoms. The van der Waals surface area contributed by atoms with Crippen LogP contribution in [0.3, 0.4) is 0 Å². The molecule has 0 atom stereocenters. The van der Waals surface area contributed by atoms with E-state index in [4.69, 9.17) is 16.3 Å². The highest BCUT2D eigenvalue weighted by molar-refractivity contribution is 6.30. The number of nitro groups is 1. The Morgan fingerprint density at radius 3 is 2.73 bits per heavy atom. The first-order valence-corrected chi connectivity index (χ1v) is 8.32. The zero-order chi connectivity index (χ0) is 19.1. The summed E-state index contributed by atoms with van der Waals surface area (Å²) in [7, 11) is 3.34. The molecule has 0 heterocycles. The number of hydrogen-bond donors (Lipinski definition) is 1. The van der Waals surface area contributed by atoms with Crippen LogP contribution in [0.2, 0.25) is 5.02 Å². The topological polar surface area (TPSA) is 84.7 Å². The van der Waals surface area contributed by atoms with Crippen molar-refractivity contribution in [2.24, 2.45) is 0 Å². The van der Waals surface area contributed by atoms with E-state index in [2.05, 4.69) is 5.32 Å². The fraction of sp³-hybridized carbons (Fsp3) is 0.278. The van der Waals surface area contributed by atoms with E-state index in [9.17, 15) is 14.9 Å². The number of nitro benzene ring substituents is 1. The van der Waals surface area contributed by atoms with Gasteiger partial charge < -0.3 is 15.0 Å². The number of carbonyl (C=O) groups is 1. The number of non-ortho nitro benzene ring substituents is 1. The van der Waals surface area contributed by atoms with Gasteiger partial charge in [0.25, 0.3) is 5.69 Å². The zero-order valence-electron chi connectivity index (χ0n) is 14.6. The highest BCUT2D eigenvalue weighted by Crippen LogP contribution is 2.28. The van der Waals surface area contributed by atoms with Crippen LogP contribution in [0.25, 0.3) is 0 Å². The van der Waals surface area contributed by atoms with E-state index in [1.54, 1.807) is 0 Å². The van der Waals surface area contributed by atoms with Gasteiger partial charge in [-0.1, -0.05) is 23.7 Å². The number of ether oxygens (including phenoxy) is 1. The monoisotopic (exact) mass is 377 g/mol. The number of halogens is 1. The minimum atomic E-state index is -0.520. The first-order valence-electron chi connectivity index (χ1n) is 7.94. The number of methoxy groups -OCH3 is 1. The van der Waals surface area contributed by atoms with Crippen LogP contribution in [0, 0.1) is 10.1 Å². The predicted octanol–water partition coefficient (Wildman–Crippen LogP) is 3.72. The predicted molar refractivity (Wildman–Crippen MR) is 101 cm³/mol. The van der Waals surface area contributed by atoms with Crippen LogP contribution in [0.15, 0.2) is 42.5 Å². The average Bonchev–Trinajstić information content (AvgIpc) is 2.60. The molecule has 7 nitrogen and oxygen atoms in total. The van der Waals surface area contributed by atoms with Gasteiger partial charge in [0.1, 0.15) is 5.75 Å². The third-order valence-corrected chi connectivity index (χ3v) is 3.97. The molecule has 0 aliphatic heterocycles. The Kier molecular flexibility index (Phi) is 6.94. The van der Waals surface area contributed by atoms with Gasteiger partial charge in [-0.3, -0.25) is 14.9 Å². The third-order valence-electron chi connectivity index (χ3n) is 3.73. The van der Waals surface area contributed by atoms with Crippen molar-refractivity contribution in [1.29, 1.82) is 0 Å². The van der Waals surface area contributed by atoms with Gasteiger partial charge in [-0.25, -0.2) is 0 Å². The van der Waals surface area contributed by atoms with Crippen molar-refractivity contribution >= 4 is 28.9 Å². The Balaban J connectivity index is 1.92. The van der Waals surface area contributed by atoms with Crippen molar-refractivity contribution in [3.05, 3.63) is 63.2 Å². The van der Waals surface area contributed by atoms with Gasteiger partial charge in [0.2, 0.25) is 5.91 Å². The van der Waals surface area contributed by atoms with E-state index >= 15 is 0 Å². The Labute approximate surface area is 156 Å². The lowest BCUT2D eigenvalue weighted by Gasteiger charge is -2.17. The van der Waals surface area contributed by atoms with Crippen LogP contribution < -0.4 is 10.1 Å². The van der Waals surface area contributed by atoms with Crippen molar-refractivity contribution < 1.29 is 14.5 Å². The van der Waals surface area contributed by atoms with Crippen molar-refractivity contribution in [2.75, 3.05) is 26.0 Å². The number of amides is 1. The smallest absolute Gasteiger partial charge is 0.271 e. The van der Waals surface area contributed by atoms with E-state index < -0.39 is 4.92 Å². The van der Waals surface area contributed by atoms with E-state index in [0.717, 1.165) is 5.56 Å². The quantitative estimate of drug-likeness (QED) is 0.559. The largest absolute Gasteiger partial charge is 0.495 e. The Morgan fingerprint density at radius 2 is 2.08 bits per heavy atom. The summed E-state index contributed by atoms with van der Waals surface area (Å²) in [6.07, 6.45) is 0.239. The SMILES string of the molecule is COc1ccc([N+](=O)[O-])cc1NC(=O)CCN(C)Cc1cccc(Cl)c1. The lowest BCUT2D eigenvalue weighted by atomic mass is 10.2. The molecule has 138 valence electrons. The molecule has 0 saturated carbocycles. The van der Waals surface area contributed by atoms with Crippen LogP contribution in [-0.4, -0.2) is 36.4 Å². The van der Waals surface area contributed by atoms with Gasteiger partial charge in [0.15, 0.2) is 0 Å². The maximum Gasteiger partial charge on any atom is 0.271 e. The van der Waals surface area contributed by atoms with Gasteiger partial charge in [-0.05, 0) is 30.8 Å². The molecule has 2 aromatic carbocycles. The minimum Gasteiger partial charge on any atom is -0.495 e. The van der Waals surface area contributed by atoms with Crippen LogP contribution in [-0.2, 0) is 11.3 Å². The van der Waals surface area contributed by atoms with Crippen molar-refractivity contribution in [3.63, 3.8) is 0 Å². The van der Waals surface area contributed by atoms with E-state index in [1.807, 2.05) is 36.2 Å². The van der Waals surface area contributed by atoms with Gasteiger partial charge in [-0.15, -0.1) is 0 Å². The summed E-state index contributed by atoms with van der Waals surface area (Å²) < 4.78 is 5.14. The number of nitrogens with zero attached hydrogens (tertiary/aromatic N) is 2. The normalized spacial score (nSPS) is 10.6. The lowest BCUT2D eigenvalue weighted by molar-refractivity contribution is -0.384. The van der Waals surface area contributed by atoms with Crippen molar-refractivity contribution in [1.82, 2.24) is 4.90 Å². The molecule has 0 spiro atoms. The van der Waals surface area contributed by atoms with E-state index in [1.165, 1.54) is 25.3 Å². The summed E-state index contributed by atoms with van der Waals surface area (Å²) in [5, 5.41) is 14.2. The Morgan fingerprint density at radius 1 is 1.31 bits per heavy atom. The maximum absolute atomic E-state index is 12.2. The summed E-state index contributed by atoms with van der Waals surface area (Å²) in [6.45, 7) is 1.18. The van der Waals surface area contributed by atoms with Crippen LogP contribution >= 0.6 is 11.6 Å². The van der Waals surface area contributed by atoms with Crippen LogP contribution in [0.1, 0.15) is 12.0 Å². The molecule has 1 N–H and O–H groups in total. The molecule has 26 heavy (non-hydrogen) atoms. The average molecular weight is 378 g/mol. The molecule has 0 radical (unpaired) electrons. The number of anilines is 1. The highest BCUT2D eigenvalue weighted by Gasteiger charge is 2.14. The standard InChI is InChI=1S/C18H20ClN3O4/c1-21(12-13-4-3-5-14(19)10-13)9-8-18(23)20-16-11-15(22(24)25)6-7-17(16)26-2/h3-7,10-11H,8-9,12H2,1-2H3,(H,20,23). The minimum absolute atomic E-state index is 0.112. The van der Waals surface area contributed by atoms with Gasteiger partial charge >= 0.3 is 0 Å².